The summed E-state index contributed by atoms with van der Waals surface area (Å²) in [6.45, 7) is 2.11. The average Bonchev–Trinajstić information content (AvgIpc) is 2.77. The third-order valence-corrected chi connectivity index (χ3v) is 5.81. The highest BCUT2D eigenvalue weighted by Gasteiger charge is 2.48. The van der Waals surface area contributed by atoms with Crippen LogP contribution in [0.1, 0.15) is 24.1 Å². The summed E-state index contributed by atoms with van der Waals surface area (Å²) in [5, 5.41) is 22.1. The topological polar surface area (TPSA) is 91.2 Å². The van der Waals surface area contributed by atoms with Gasteiger partial charge in [0.25, 0.3) is 0 Å². The zero-order valence-electron chi connectivity index (χ0n) is 17.7. The van der Waals surface area contributed by atoms with Crippen molar-refractivity contribution in [2.24, 2.45) is 0 Å². The van der Waals surface area contributed by atoms with E-state index in [2.05, 4.69) is 20.5 Å². The molecule has 0 unspecified atom stereocenters. The third-order valence-electron chi connectivity index (χ3n) is 5.81. The lowest BCUT2D eigenvalue weighted by molar-refractivity contribution is -0.107. The first-order valence-electron chi connectivity index (χ1n) is 10.2. The summed E-state index contributed by atoms with van der Waals surface area (Å²) >= 11 is 0. The van der Waals surface area contributed by atoms with Crippen LogP contribution in [-0.4, -0.2) is 46.5 Å². The summed E-state index contributed by atoms with van der Waals surface area (Å²) in [6, 6.07) is 9.65. The smallest absolute Gasteiger partial charge is 0.213 e. The molecule has 1 saturated carbocycles. The Morgan fingerprint density at radius 1 is 1.28 bits per heavy atom. The van der Waals surface area contributed by atoms with Crippen LogP contribution in [0.2, 0.25) is 0 Å². The minimum Gasteiger partial charge on any atom is -0.505 e. The molecule has 2 heterocycles. The number of phenolic OH excluding ortho intramolecular Hbond substituents is 1. The highest BCUT2D eigenvalue weighted by molar-refractivity contribution is 5.84. The first-order valence-corrected chi connectivity index (χ1v) is 10.2. The number of amides is 1. The number of hydrogen-bond acceptors (Lipinski definition) is 6. The lowest BCUT2D eigenvalue weighted by Gasteiger charge is -2.44. The number of carbonyl (C=O) groups is 1. The third kappa shape index (κ3) is 3.98. The minimum atomic E-state index is -0.991. The number of anilines is 2. The van der Waals surface area contributed by atoms with E-state index in [-0.39, 0.29) is 30.8 Å². The Kier molecular flexibility index (Phi) is 5.73. The number of benzene rings is 1. The molecule has 2 N–H and O–H groups in total. The quantitative estimate of drug-likeness (QED) is 0.545. The first kappa shape index (κ1) is 21.6. The van der Waals surface area contributed by atoms with E-state index in [0.29, 0.717) is 29.2 Å². The summed E-state index contributed by atoms with van der Waals surface area (Å²) in [5.74, 6) is -0.0916. The standard InChI is InChI=1S/C23H23F2N5O2/c1-14-8-16(21(32)19(9-14)30(2)13-31)18-5-6-20(29-28-18)27-12-23(10-15(24)11-23)22-17(25)4-3-7-26-22/h3-9,13,15,32H,10-12H2,1-2H3,(H,27,29). The maximum atomic E-state index is 14.3. The van der Waals surface area contributed by atoms with Gasteiger partial charge in [-0.05, 0) is 61.7 Å². The van der Waals surface area contributed by atoms with Gasteiger partial charge in [-0.2, -0.15) is 0 Å². The summed E-state index contributed by atoms with van der Waals surface area (Å²) in [6.07, 6.45) is 1.49. The zero-order chi connectivity index (χ0) is 22.9. The van der Waals surface area contributed by atoms with Gasteiger partial charge in [-0.25, -0.2) is 8.78 Å². The molecule has 7 nitrogen and oxygen atoms in total. The van der Waals surface area contributed by atoms with E-state index in [1.165, 1.54) is 23.2 Å². The van der Waals surface area contributed by atoms with Crippen LogP contribution in [0.15, 0.2) is 42.6 Å². The van der Waals surface area contributed by atoms with Crippen molar-refractivity contribution in [3.8, 4) is 17.0 Å². The van der Waals surface area contributed by atoms with E-state index >= 15 is 0 Å². The second-order valence-electron chi connectivity index (χ2n) is 8.17. The van der Waals surface area contributed by atoms with Gasteiger partial charge in [0.05, 0.1) is 17.1 Å². The maximum absolute atomic E-state index is 14.3. The summed E-state index contributed by atoms with van der Waals surface area (Å²) in [7, 11) is 1.55. The molecule has 4 rings (SSSR count). The predicted molar refractivity (Wildman–Crippen MR) is 117 cm³/mol. The monoisotopic (exact) mass is 439 g/mol. The molecule has 0 atom stereocenters. The Morgan fingerprint density at radius 2 is 2.06 bits per heavy atom. The van der Waals surface area contributed by atoms with Crippen molar-refractivity contribution in [3.05, 3.63) is 59.7 Å². The number of phenols is 1. The van der Waals surface area contributed by atoms with Crippen LogP contribution in [0.25, 0.3) is 11.3 Å². The maximum Gasteiger partial charge on any atom is 0.213 e. The number of alkyl halides is 1. The molecule has 1 amide bonds. The average molecular weight is 439 g/mol. The molecule has 1 fully saturated rings. The Bertz CT molecular complexity index is 1130. The molecule has 0 spiro atoms. The van der Waals surface area contributed by atoms with Gasteiger partial charge in [-0.15, -0.1) is 10.2 Å². The predicted octanol–water partition coefficient (Wildman–Crippen LogP) is 3.77. The minimum absolute atomic E-state index is 0.0757. The number of carbonyl (C=O) groups excluding carboxylic acids is 1. The SMILES string of the molecule is Cc1cc(-c2ccc(NCC3(c4ncccc4F)CC(F)C3)nn2)c(O)c(N(C)C=O)c1. The Morgan fingerprint density at radius 3 is 2.69 bits per heavy atom. The number of aromatic nitrogens is 3. The van der Waals surface area contributed by atoms with E-state index in [9.17, 15) is 18.7 Å². The molecule has 1 aliphatic rings. The molecule has 1 aliphatic carbocycles. The molecule has 2 aromatic heterocycles. The van der Waals surface area contributed by atoms with Gasteiger partial charge >= 0.3 is 0 Å². The lowest BCUT2D eigenvalue weighted by Crippen LogP contribution is -2.49. The van der Waals surface area contributed by atoms with Gasteiger partial charge in [0.1, 0.15) is 23.6 Å². The number of hydrogen-bond donors (Lipinski definition) is 2. The Balaban J connectivity index is 1.55. The van der Waals surface area contributed by atoms with Gasteiger partial charge in [0.15, 0.2) is 0 Å². The van der Waals surface area contributed by atoms with E-state index in [1.807, 2.05) is 6.92 Å². The molecular formula is C23H23F2N5O2. The fraction of sp³-hybridized carbons (Fsp3) is 0.304. The number of aromatic hydroxyl groups is 1. The fourth-order valence-corrected chi connectivity index (χ4v) is 4.10. The lowest BCUT2D eigenvalue weighted by atomic mass is 9.65. The van der Waals surface area contributed by atoms with Gasteiger partial charge in [-0.1, -0.05) is 0 Å². The highest BCUT2D eigenvalue weighted by atomic mass is 19.1. The molecular weight excluding hydrogens is 416 g/mol. The number of pyridine rings is 1. The molecule has 32 heavy (non-hydrogen) atoms. The summed E-state index contributed by atoms with van der Waals surface area (Å²) in [4.78, 5) is 16.5. The molecule has 9 heteroatoms. The molecule has 3 aromatic rings. The number of nitrogens with zero attached hydrogens (tertiary/aromatic N) is 4. The van der Waals surface area contributed by atoms with E-state index in [4.69, 9.17) is 0 Å². The van der Waals surface area contributed by atoms with E-state index in [0.717, 1.165) is 5.56 Å². The van der Waals surface area contributed by atoms with Crippen LogP contribution in [0.3, 0.4) is 0 Å². The van der Waals surface area contributed by atoms with Crippen LogP contribution in [-0.2, 0) is 10.2 Å². The largest absolute Gasteiger partial charge is 0.505 e. The number of aryl methyl sites for hydroxylation is 1. The zero-order valence-corrected chi connectivity index (χ0v) is 17.7. The van der Waals surface area contributed by atoms with Crippen molar-refractivity contribution in [2.75, 3.05) is 23.8 Å². The van der Waals surface area contributed by atoms with Crippen LogP contribution in [0, 0.1) is 12.7 Å². The number of nitrogens with one attached hydrogen (secondary N) is 1. The van der Waals surface area contributed by atoms with Crippen LogP contribution >= 0.6 is 0 Å². The molecule has 166 valence electrons. The molecule has 0 aliphatic heterocycles. The van der Waals surface area contributed by atoms with Crippen LogP contribution in [0.5, 0.6) is 5.75 Å². The highest BCUT2D eigenvalue weighted by Crippen LogP contribution is 2.45. The van der Waals surface area contributed by atoms with Crippen molar-refractivity contribution >= 4 is 17.9 Å². The van der Waals surface area contributed by atoms with Crippen LogP contribution in [0.4, 0.5) is 20.3 Å². The van der Waals surface area contributed by atoms with Gasteiger partial charge in [0.2, 0.25) is 6.41 Å². The van der Waals surface area contributed by atoms with Crippen molar-refractivity contribution in [1.82, 2.24) is 15.2 Å². The molecule has 0 radical (unpaired) electrons. The van der Waals surface area contributed by atoms with E-state index < -0.39 is 17.4 Å². The van der Waals surface area contributed by atoms with E-state index in [1.54, 1.807) is 31.3 Å². The van der Waals surface area contributed by atoms with Crippen molar-refractivity contribution < 1.29 is 18.7 Å². The number of halogens is 2. The van der Waals surface area contributed by atoms with Crippen molar-refractivity contribution in [1.29, 1.82) is 0 Å². The second kappa shape index (κ2) is 8.49. The van der Waals surface area contributed by atoms with Gasteiger partial charge < -0.3 is 15.3 Å². The van der Waals surface area contributed by atoms with Crippen LogP contribution < -0.4 is 10.2 Å². The summed E-state index contributed by atoms with van der Waals surface area (Å²) in [5.41, 5.74) is 1.59. The fourth-order valence-electron chi connectivity index (χ4n) is 4.10. The molecule has 0 bridgehead atoms. The van der Waals surface area contributed by atoms with Crippen molar-refractivity contribution in [2.45, 2.75) is 31.4 Å². The molecule has 1 aromatic carbocycles. The first-order chi connectivity index (χ1) is 15.3. The summed E-state index contributed by atoms with van der Waals surface area (Å²) < 4.78 is 28.0. The number of rotatable bonds is 7. The van der Waals surface area contributed by atoms with Gasteiger partial charge in [0, 0.05) is 30.8 Å². The second-order valence-corrected chi connectivity index (χ2v) is 8.17. The Labute approximate surface area is 184 Å². The Hall–Kier alpha value is -3.62. The normalized spacial score (nSPS) is 19.8. The van der Waals surface area contributed by atoms with Crippen molar-refractivity contribution in [3.63, 3.8) is 0 Å². The van der Waals surface area contributed by atoms with Gasteiger partial charge in [-0.3, -0.25) is 9.78 Å². The molecule has 0 saturated heterocycles.